The molecular formula is C23H28F3N3O4S. The van der Waals surface area contributed by atoms with Crippen molar-refractivity contribution in [2.75, 3.05) is 43.5 Å². The molecule has 1 aliphatic heterocycles. The van der Waals surface area contributed by atoms with Gasteiger partial charge in [0.2, 0.25) is 10.0 Å². The summed E-state index contributed by atoms with van der Waals surface area (Å²) in [6.45, 7) is 5.49. The van der Waals surface area contributed by atoms with Gasteiger partial charge in [0, 0.05) is 31.7 Å². The minimum atomic E-state index is -4.58. The van der Waals surface area contributed by atoms with Crippen LogP contribution >= 0.6 is 0 Å². The second-order valence-corrected chi connectivity index (χ2v) is 9.74. The van der Waals surface area contributed by atoms with Gasteiger partial charge in [-0.15, -0.1) is 0 Å². The van der Waals surface area contributed by atoms with Crippen molar-refractivity contribution in [3.8, 4) is 5.75 Å². The predicted molar refractivity (Wildman–Crippen MR) is 124 cm³/mol. The molecule has 1 saturated heterocycles. The largest absolute Gasteiger partial charge is 0.495 e. The van der Waals surface area contributed by atoms with Crippen LogP contribution in [-0.4, -0.2) is 51.9 Å². The van der Waals surface area contributed by atoms with Crippen LogP contribution in [0.1, 0.15) is 42.6 Å². The van der Waals surface area contributed by atoms with E-state index in [-0.39, 0.29) is 21.9 Å². The molecule has 1 aliphatic rings. The molecule has 0 atom stereocenters. The second-order valence-electron chi connectivity index (χ2n) is 7.83. The van der Waals surface area contributed by atoms with Crippen molar-refractivity contribution in [1.29, 1.82) is 0 Å². The maximum atomic E-state index is 13.3. The summed E-state index contributed by atoms with van der Waals surface area (Å²) in [6.07, 6.45) is -3.10. The number of halogens is 3. The van der Waals surface area contributed by atoms with Gasteiger partial charge in [-0.1, -0.05) is 0 Å². The Morgan fingerprint density at radius 1 is 1.09 bits per heavy atom. The van der Waals surface area contributed by atoms with Gasteiger partial charge in [0.25, 0.3) is 5.91 Å². The van der Waals surface area contributed by atoms with E-state index < -0.39 is 27.7 Å². The first-order valence-corrected chi connectivity index (χ1v) is 12.4. The van der Waals surface area contributed by atoms with Gasteiger partial charge in [0.1, 0.15) is 10.6 Å². The molecule has 0 saturated carbocycles. The maximum Gasteiger partial charge on any atom is 0.416 e. The molecule has 0 unspecified atom stereocenters. The maximum absolute atomic E-state index is 13.3. The molecule has 0 aliphatic carbocycles. The first-order chi connectivity index (χ1) is 16.0. The van der Waals surface area contributed by atoms with E-state index in [0.29, 0.717) is 31.9 Å². The van der Waals surface area contributed by atoms with Gasteiger partial charge in [0.05, 0.1) is 24.0 Å². The zero-order valence-electron chi connectivity index (χ0n) is 19.3. The second kappa shape index (κ2) is 10.2. The fourth-order valence-electron chi connectivity index (χ4n) is 3.93. The molecule has 1 amide bonds. The molecule has 0 bridgehead atoms. The number of benzene rings is 2. The Morgan fingerprint density at radius 3 is 2.29 bits per heavy atom. The summed E-state index contributed by atoms with van der Waals surface area (Å²) < 4.78 is 72.7. The number of hydrogen-bond acceptors (Lipinski definition) is 5. The highest BCUT2D eigenvalue weighted by atomic mass is 32.2. The van der Waals surface area contributed by atoms with Crippen LogP contribution in [0, 0.1) is 0 Å². The summed E-state index contributed by atoms with van der Waals surface area (Å²) in [4.78, 5) is 14.7. The predicted octanol–water partition coefficient (Wildman–Crippen LogP) is 4.60. The van der Waals surface area contributed by atoms with Crippen molar-refractivity contribution in [2.24, 2.45) is 0 Å². The summed E-state index contributed by atoms with van der Waals surface area (Å²) in [7, 11) is -2.56. The number of ether oxygens (including phenoxy) is 1. The molecule has 2 aromatic rings. The number of carbonyl (C=O) groups is 1. The summed E-state index contributed by atoms with van der Waals surface area (Å²) in [6, 6.07) is 7.13. The van der Waals surface area contributed by atoms with Crippen molar-refractivity contribution in [3.05, 3.63) is 47.5 Å². The summed E-state index contributed by atoms with van der Waals surface area (Å²) >= 11 is 0. The molecule has 1 N–H and O–H groups in total. The van der Waals surface area contributed by atoms with E-state index in [4.69, 9.17) is 4.74 Å². The molecule has 11 heteroatoms. The van der Waals surface area contributed by atoms with Crippen molar-refractivity contribution >= 4 is 27.3 Å². The van der Waals surface area contributed by atoms with E-state index in [1.165, 1.54) is 35.7 Å². The molecule has 34 heavy (non-hydrogen) atoms. The monoisotopic (exact) mass is 499 g/mol. The molecule has 186 valence electrons. The van der Waals surface area contributed by atoms with Crippen LogP contribution in [0.3, 0.4) is 0 Å². The van der Waals surface area contributed by atoms with Crippen LogP contribution < -0.4 is 15.0 Å². The Bertz CT molecular complexity index is 1140. The average Bonchev–Trinajstić information content (AvgIpc) is 3.35. The van der Waals surface area contributed by atoms with Crippen LogP contribution in [0.2, 0.25) is 0 Å². The normalized spacial score (nSPS) is 14.8. The molecule has 2 aromatic carbocycles. The highest BCUT2D eigenvalue weighted by Gasteiger charge is 2.33. The lowest BCUT2D eigenvalue weighted by Gasteiger charge is -2.25. The van der Waals surface area contributed by atoms with Crippen LogP contribution in [-0.2, 0) is 16.2 Å². The number of methoxy groups -OCH3 is 1. The zero-order chi connectivity index (χ0) is 25.1. The van der Waals surface area contributed by atoms with Crippen LogP contribution in [0.25, 0.3) is 0 Å². The molecule has 1 heterocycles. The Labute approximate surface area is 197 Å². The van der Waals surface area contributed by atoms with Gasteiger partial charge in [0.15, 0.2) is 0 Å². The smallest absolute Gasteiger partial charge is 0.416 e. The number of anilines is 2. The van der Waals surface area contributed by atoms with E-state index in [2.05, 4.69) is 5.32 Å². The summed E-state index contributed by atoms with van der Waals surface area (Å²) in [5.74, 6) is -0.639. The molecule has 0 radical (unpaired) electrons. The van der Waals surface area contributed by atoms with Gasteiger partial charge in [-0.2, -0.15) is 17.5 Å². The standard InChI is InChI=1S/C23H28F3N3O4S/c1-4-28(5-2)19-10-9-17(23(24,25)26)15-18(19)27-22(30)16-8-11-20(33-3)21(14-16)34(31,32)29-12-6-7-13-29/h8-11,14-15H,4-7,12-13H2,1-3H3,(H,27,30). The number of carbonyl (C=O) groups excluding carboxylic acids is 1. The topological polar surface area (TPSA) is 79.0 Å². The number of alkyl halides is 3. The highest BCUT2D eigenvalue weighted by molar-refractivity contribution is 7.89. The van der Waals surface area contributed by atoms with E-state index in [9.17, 15) is 26.4 Å². The van der Waals surface area contributed by atoms with Crippen LogP contribution in [0.15, 0.2) is 41.3 Å². The molecular weight excluding hydrogens is 471 g/mol. The van der Waals surface area contributed by atoms with E-state index in [1.807, 2.05) is 18.7 Å². The molecule has 0 aromatic heterocycles. The third kappa shape index (κ3) is 5.30. The van der Waals surface area contributed by atoms with Gasteiger partial charge in [-0.05, 0) is 63.1 Å². The van der Waals surface area contributed by atoms with Gasteiger partial charge >= 0.3 is 6.18 Å². The Hall–Kier alpha value is -2.79. The van der Waals surface area contributed by atoms with Gasteiger partial charge in [-0.3, -0.25) is 4.79 Å². The summed E-state index contributed by atoms with van der Waals surface area (Å²) in [5.41, 5.74) is -0.486. The number of nitrogens with one attached hydrogen (secondary N) is 1. The minimum Gasteiger partial charge on any atom is -0.495 e. The van der Waals surface area contributed by atoms with Crippen molar-refractivity contribution < 1.29 is 31.1 Å². The van der Waals surface area contributed by atoms with Crippen molar-refractivity contribution in [3.63, 3.8) is 0 Å². The number of sulfonamides is 1. The van der Waals surface area contributed by atoms with E-state index in [1.54, 1.807) is 0 Å². The lowest BCUT2D eigenvalue weighted by molar-refractivity contribution is -0.137. The summed E-state index contributed by atoms with van der Waals surface area (Å²) in [5, 5.41) is 2.54. The Morgan fingerprint density at radius 2 is 1.74 bits per heavy atom. The van der Waals surface area contributed by atoms with E-state index >= 15 is 0 Å². The van der Waals surface area contributed by atoms with Gasteiger partial charge in [-0.25, -0.2) is 8.42 Å². The number of rotatable bonds is 8. The number of hydrogen-bond donors (Lipinski definition) is 1. The third-order valence-electron chi connectivity index (χ3n) is 5.78. The molecule has 3 rings (SSSR count). The quantitative estimate of drug-likeness (QED) is 0.575. The fraction of sp³-hybridized carbons (Fsp3) is 0.435. The van der Waals surface area contributed by atoms with E-state index in [0.717, 1.165) is 25.0 Å². The third-order valence-corrected chi connectivity index (χ3v) is 7.70. The lowest BCUT2D eigenvalue weighted by atomic mass is 10.1. The van der Waals surface area contributed by atoms with Crippen LogP contribution in [0.4, 0.5) is 24.5 Å². The first-order valence-electron chi connectivity index (χ1n) is 11.0. The van der Waals surface area contributed by atoms with Crippen LogP contribution in [0.5, 0.6) is 5.75 Å². The SMILES string of the molecule is CCN(CC)c1ccc(C(F)(F)F)cc1NC(=O)c1ccc(OC)c(S(=O)(=O)N2CCCC2)c1. The molecule has 1 fully saturated rings. The first kappa shape index (κ1) is 25.8. The minimum absolute atomic E-state index is 0.0108. The Kier molecular flexibility index (Phi) is 7.77. The van der Waals surface area contributed by atoms with Crippen molar-refractivity contribution in [1.82, 2.24) is 4.31 Å². The highest BCUT2D eigenvalue weighted by Crippen LogP contribution is 2.36. The van der Waals surface area contributed by atoms with Gasteiger partial charge < -0.3 is 15.0 Å². The fourth-order valence-corrected chi connectivity index (χ4v) is 5.63. The average molecular weight is 500 g/mol. The molecule has 0 spiro atoms. The Balaban J connectivity index is 2.01. The lowest BCUT2D eigenvalue weighted by Crippen LogP contribution is -2.28. The number of nitrogens with zero attached hydrogens (tertiary/aromatic N) is 2. The molecule has 7 nitrogen and oxygen atoms in total. The zero-order valence-corrected chi connectivity index (χ0v) is 20.1. The number of amides is 1. The van der Waals surface area contributed by atoms with Crippen molar-refractivity contribution in [2.45, 2.75) is 37.8 Å².